The van der Waals surface area contributed by atoms with Crippen molar-refractivity contribution in [2.45, 2.75) is 18.6 Å². The fraction of sp³-hybridized carbons (Fsp3) is 0.333. The molecule has 2 unspecified atom stereocenters. The molecular formula is C15H16N4O. The first-order chi connectivity index (χ1) is 9.81. The van der Waals surface area contributed by atoms with Crippen LogP contribution < -0.4 is 10.6 Å². The first kappa shape index (κ1) is 11.7. The van der Waals surface area contributed by atoms with Crippen LogP contribution in [0, 0.1) is 0 Å². The van der Waals surface area contributed by atoms with Crippen molar-refractivity contribution in [1.29, 1.82) is 0 Å². The predicted molar refractivity (Wildman–Crippen MR) is 77.4 cm³/mol. The third kappa shape index (κ3) is 1.82. The summed E-state index contributed by atoms with van der Waals surface area (Å²) in [6.07, 6.45) is 3.28. The van der Waals surface area contributed by atoms with Crippen molar-refractivity contribution in [3.8, 4) is 11.3 Å². The number of ether oxygens (including phenoxy) is 1. The van der Waals surface area contributed by atoms with Crippen LogP contribution in [0.1, 0.15) is 6.42 Å². The highest BCUT2D eigenvalue weighted by Crippen LogP contribution is 2.37. The molecule has 1 aromatic heterocycles. The fourth-order valence-corrected chi connectivity index (χ4v) is 3.10. The van der Waals surface area contributed by atoms with Crippen LogP contribution in [0.2, 0.25) is 0 Å². The molecule has 2 atom stereocenters. The quantitative estimate of drug-likeness (QED) is 0.898. The lowest BCUT2D eigenvalue weighted by molar-refractivity contribution is 0.0991. The molecule has 0 aliphatic carbocycles. The summed E-state index contributed by atoms with van der Waals surface area (Å²) in [5.74, 6) is 0.313. The molecule has 4 rings (SSSR count). The Morgan fingerprint density at radius 3 is 2.80 bits per heavy atom. The summed E-state index contributed by atoms with van der Waals surface area (Å²) < 4.78 is 5.67. The highest BCUT2D eigenvalue weighted by molar-refractivity contribution is 5.76. The van der Waals surface area contributed by atoms with E-state index in [1.165, 1.54) is 0 Å². The lowest BCUT2D eigenvalue weighted by atomic mass is 10.1. The molecule has 2 saturated heterocycles. The van der Waals surface area contributed by atoms with Gasteiger partial charge in [-0.2, -0.15) is 0 Å². The molecule has 0 spiro atoms. The molecule has 2 aliphatic heterocycles. The van der Waals surface area contributed by atoms with Gasteiger partial charge in [0.25, 0.3) is 0 Å². The van der Waals surface area contributed by atoms with Gasteiger partial charge >= 0.3 is 0 Å². The van der Waals surface area contributed by atoms with Gasteiger partial charge in [0.2, 0.25) is 5.95 Å². The summed E-state index contributed by atoms with van der Waals surface area (Å²) in [5.41, 5.74) is 8.81. The molecule has 3 heterocycles. The van der Waals surface area contributed by atoms with Gasteiger partial charge in [-0.25, -0.2) is 9.97 Å². The summed E-state index contributed by atoms with van der Waals surface area (Å²) in [5, 5.41) is 0. The molecule has 2 aromatic rings. The number of anilines is 2. The van der Waals surface area contributed by atoms with Crippen molar-refractivity contribution in [3.63, 3.8) is 0 Å². The molecule has 1 aromatic carbocycles. The minimum absolute atomic E-state index is 0.313. The molecule has 2 bridgehead atoms. The molecular weight excluding hydrogens is 252 g/mol. The smallest absolute Gasteiger partial charge is 0.220 e. The minimum atomic E-state index is 0.313. The zero-order chi connectivity index (χ0) is 13.5. The number of benzene rings is 1. The first-order valence-electron chi connectivity index (χ1n) is 6.87. The predicted octanol–water partition coefficient (Wildman–Crippen LogP) is 1.70. The maximum atomic E-state index is 5.77. The third-order valence-electron chi connectivity index (χ3n) is 4.05. The number of rotatable bonds is 2. The zero-order valence-electron chi connectivity index (χ0n) is 11.1. The van der Waals surface area contributed by atoms with E-state index in [4.69, 9.17) is 10.5 Å². The van der Waals surface area contributed by atoms with Crippen LogP contribution in [-0.2, 0) is 4.74 Å². The number of nitrogens with zero attached hydrogens (tertiary/aromatic N) is 3. The monoisotopic (exact) mass is 268 g/mol. The van der Waals surface area contributed by atoms with Gasteiger partial charge in [-0.3, -0.25) is 0 Å². The van der Waals surface area contributed by atoms with Crippen molar-refractivity contribution in [2.24, 2.45) is 0 Å². The summed E-state index contributed by atoms with van der Waals surface area (Å²) in [6, 6.07) is 10.6. The number of fused-ring (bicyclic) bond motifs is 2. The fourth-order valence-electron chi connectivity index (χ4n) is 3.10. The Morgan fingerprint density at radius 1 is 1.25 bits per heavy atom. The van der Waals surface area contributed by atoms with E-state index in [9.17, 15) is 0 Å². The van der Waals surface area contributed by atoms with Crippen LogP contribution in [0.4, 0.5) is 11.6 Å². The highest BCUT2D eigenvalue weighted by Gasteiger charge is 2.40. The Balaban J connectivity index is 1.80. The lowest BCUT2D eigenvalue weighted by Crippen LogP contribution is -2.37. The number of morpholine rings is 1. The zero-order valence-corrected chi connectivity index (χ0v) is 11.1. The summed E-state index contributed by atoms with van der Waals surface area (Å²) in [4.78, 5) is 11.0. The van der Waals surface area contributed by atoms with E-state index in [1.54, 1.807) is 0 Å². The van der Waals surface area contributed by atoms with Crippen molar-refractivity contribution >= 4 is 11.6 Å². The Morgan fingerprint density at radius 2 is 2.10 bits per heavy atom. The van der Waals surface area contributed by atoms with Crippen molar-refractivity contribution < 1.29 is 4.74 Å². The van der Waals surface area contributed by atoms with Crippen molar-refractivity contribution in [1.82, 2.24) is 9.97 Å². The number of aromatic nitrogens is 2. The van der Waals surface area contributed by atoms with E-state index in [2.05, 4.69) is 27.0 Å². The third-order valence-corrected chi connectivity index (χ3v) is 4.05. The van der Waals surface area contributed by atoms with E-state index in [-0.39, 0.29) is 0 Å². The number of nitrogen functional groups attached to an aromatic ring is 1. The summed E-state index contributed by atoms with van der Waals surface area (Å²) in [7, 11) is 0. The van der Waals surface area contributed by atoms with Crippen LogP contribution in [0.25, 0.3) is 11.3 Å². The molecule has 2 N–H and O–H groups in total. The van der Waals surface area contributed by atoms with E-state index < -0.39 is 0 Å². The van der Waals surface area contributed by atoms with Crippen LogP contribution in [0.15, 0.2) is 36.5 Å². The van der Waals surface area contributed by atoms with Crippen LogP contribution in [-0.4, -0.2) is 35.3 Å². The Bertz CT molecular complexity index is 631. The number of hydrogen-bond donors (Lipinski definition) is 1. The van der Waals surface area contributed by atoms with Gasteiger partial charge in [-0.15, -0.1) is 0 Å². The van der Waals surface area contributed by atoms with Crippen LogP contribution in [0.3, 0.4) is 0 Å². The molecule has 20 heavy (non-hydrogen) atoms. The minimum Gasteiger partial charge on any atom is -0.374 e. The number of hydrogen-bond acceptors (Lipinski definition) is 5. The average molecular weight is 268 g/mol. The average Bonchev–Trinajstić information content (AvgIpc) is 3.11. The Kier molecular flexibility index (Phi) is 2.60. The van der Waals surface area contributed by atoms with Gasteiger partial charge in [0.05, 0.1) is 36.3 Å². The van der Waals surface area contributed by atoms with Crippen molar-refractivity contribution in [2.75, 3.05) is 23.8 Å². The Hall–Kier alpha value is -2.14. The molecule has 2 aliphatic rings. The number of nitrogens with two attached hydrogens (primary N) is 1. The summed E-state index contributed by atoms with van der Waals surface area (Å²) >= 11 is 0. The maximum Gasteiger partial charge on any atom is 0.220 e. The highest BCUT2D eigenvalue weighted by atomic mass is 16.5. The van der Waals surface area contributed by atoms with Gasteiger partial charge in [0, 0.05) is 12.1 Å². The Labute approximate surface area is 117 Å². The second kappa shape index (κ2) is 4.45. The molecule has 2 fully saturated rings. The topological polar surface area (TPSA) is 64.3 Å². The van der Waals surface area contributed by atoms with Crippen LogP contribution >= 0.6 is 0 Å². The second-order valence-corrected chi connectivity index (χ2v) is 5.33. The molecule has 0 radical (unpaired) electrons. The van der Waals surface area contributed by atoms with Gasteiger partial charge in [0.1, 0.15) is 0 Å². The first-order valence-corrected chi connectivity index (χ1v) is 6.87. The van der Waals surface area contributed by atoms with Crippen molar-refractivity contribution in [3.05, 3.63) is 36.5 Å². The molecule has 5 nitrogen and oxygen atoms in total. The van der Waals surface area contributed by atoms with E-state index in [1.807, 2.05) is 24.4 Å². The summed E-state index contributed by atoms with van der Waals surface area (Å²) in [6.45, 7) is 1.71. The molecule has 0 saturated carbocycles. The van der Waals surface area contributed by atoms with Crippen LogP contribution in [0.5, 0.6) is 0 Å². The molecule has 5 heteroatoms. The lowest BCUT2D eigenvalue weighted by Gasteiger charge is -2.30. The maximum absolute atomic E-state index is 5.77. The van der Waals surface area contributed by atoms with Gasteiger partial charge in [0.15, 0.2) is 0 Å². The van der Waals surface area contributed by atoms with Gasteiger partial charge in [-0.05, 0) is 6.42 Å². The molecule has 0 amide bonds. The largest absolute Gasteiger partial charge is 0.374 e. The second-order valence-electron chi connectivity index (χ2n) is 5.33. The normalized spacial score (nSPS) is 24.3. The van der Waals surface area contributed by atoms with E-state index >= 15 is 0 Å². The SMILES string of the molecule is Nc1ncc(N2CC3CC2CO3)c(-c2ccccc2)n1. The van der Waals surface area contributed by atoms with E-state index in [0.717, 1.165) is 36.5 Å². The molecule has 102 valence electrons. The standard InChI is InChI=1S/C15H16N4O/c16-15-17-7-13(19-8-12-6-11(19)9-20-12)14(18-15)10-4-2-1-3-5-10/h1-5,7,11-12H,6,8-9H2,(H2,16,17,18). The van der Waals surface area contributed by atoms with Gasteiger partial charge in [-0.1, -0.05) is 30.3 Å². The van der Waals surface area contributed by atoms with Gasteiger partial charge < -0.3 is 15.4 Å². The van der Waals surface area contributed by atoms with E-state index in [0.29, 0.717) is 18.1 Å².